The summed E-state index contributed by atoms with van der Waals surface area (Å²) in [5.41, 5.74) is 4.42. The van der Waals surface area contributed by atoms with Crippen molar-refractivity contribution in [3.05, 3.63) is 89.8 Å². The van der Waals surface area contributed by atoms with Crippen LogP contribution in [0.3, 0.4) is 0 Å². The third kappa shape index (κ3) is 2.24. The fraction of sp³-hybridized carbons (Fsp3) is 0.143. The number of pyridine rings is 1. The van der Waals surface area contributed by atoms with Gasteiger partial charge in [-0.25, -0.2) is 0 Å². The molecule has 5 heteroatoms. The van der Waals surface area contributed by atoms with Crippen molar-refractivity contribution in [1.29, 1.82) is 0 Å². The zero-order valence-electron chi connectivity index (χ0n) is 14.1. The highest BCUT2D eigenvalue weighted by Crippen LogP contribution is 2.38. The van der Waals surface area contributed by atoms with Crippen molar-refractivity contribution in [3.8, 4) is 0 Å². The lowest BCUT2D eigenvalue weighted by Gasteiger charge is -2.35. The van der Waals surface area contributed by atoms with Crippen LogP contribution in [0.4, 0.5) is 0 Å². The van der Waals surface area contributed by atoms with Gasteiger partial charge in [0.1, 0.15) is 0 Å². The van der Waals surface area contributed by atoms with Crippen molar-refractivity contribution < 1.29 is 9.21 Å². The lowest BCUT2D eigenvalue weighted by atomic mass is 9.93. The average molecular weight is 343 g/mol. The lowest BCUT2D eigenvalue weighted by Crippen LogP contribution is -2.40. The van der Waals surface area contributed by atoms with Gasteiger partial charge in [0.05, 0.1) is 12.3 Å². The highest BCUT2D eigenvalue weighted by Gasteiger charge is 2.35. The number of fused-ring (bicyclic) bond motifs is 3. The van der Waals surface area contributed by atoms with Crippen LogP contribution in [0.15, 0.2) is 71.6 Å². The van der Waals surface area contributed by atoms with Crippen LogP contribution in [0.5, 0.6) is 0 Å². The zero-order chi connectivity index (χ0) is 17.5. The van der Waals surface area contributed by atoms with E-state index in [2.05, 4.69) is 28.2 Å². The number of benzene rings is 1. The van der Waals surface area contributed by atoms with Crippen molar-refractivity contribution >= 4 is 16.8 Å². The van der Waals surface area contributed by atoms with Crippen LogP contribution in [0.25, 0.3) is 10.9 Å². The van der Waals surface area contributed by atoms with Crippen LogP contribution < -0.4 is 0 Å². The number of carbonyl (C=O) groups excluding carboxylic acids is 1. The molecule has 0 saturated heterocycles. The lowest BCUT2D eigenvalue weighted by molar-refractivity contribution is 0.0659. The van der Waals surface area contributed by atoms with Gasteiger partial charge in [-0.05, 0) is 41.8 Å². The van der Waals surface area contributed by atoms with Gasteiger partial charge >= 0.3 is 0 Å². The van der Waals surface area contributed by atoms with Gasteiger partial charge in [-0.3, -0.25) is 9.78 Å². The van der Waals surface area contributed by atoms with Gasteiger partial charge in [0.15, 0.2) is 5.76 Å². The molecular formula is C21H17N3O2. The molecule has 0 unspecified atom stereocenters. The molecule has 5 nitrogen and oxygen atoms in total. The van der Waals surface area contributed by atoms with E-state index >= 15 is 0 Å². The highest BCUT2D eigenvalue weighted by molar-refractivity contribution is 5.93. The van der Waals surface area contributed by atoms with Crippen molar-refractivity contribution in [1.82, 2.24) is 14.9 Å². The maximum absolute atomic E-state index is 13.1. The predicted molar refractivity (Wildman–Crippen MR) is 97.8 cm³/mol. The van der Waals surface area contributed by atoms with Crippen LogP contribution in [-0.2, 0) is 6.42 Å². The van der Waals surface area contributed by atoms with Crippen LogP contribution in [0, 0.1) is 0 Å². The molecule has 1 N–H and O–H groups in total. The van der Waals surface area contributed by atoms with Crippen molar-refractivity contribution in [3.63, 3.8) is 0 Å². The zero-order valence-corrected chi connectivity index (χ0v) is 14.1. The Morgan fingerprint density at radius 3 is 2.88 bits per heavy atom. The van der Waals surface area contributed by atoms with E-state index in [9.17, 15) is 4.79 Å². The number of H-pyrrole nitrogens is 1. The molecule has 1 atom stereocenters. The third-order valence-corrected chi connectivity index (χ3v) is 5.03. The molecule has 128 valence electrons. The summed E-state index contributed by atoms with van der Waals surface area (Å²) in [4.78, 5) is 22.7. The Morgan fingerprint density at radius 2 is 2.08 bits per heavy atom. The van der Waals surface area contributed by atoms with Gasteiger partial charge in [-0.1, -0.05) is 24.3 Å². The number of aromatic amines is 1. The summed E-state index contributed by atoms with van der Waals surface area (Å²) >= 11 is 0. The number of aromatic nitrogens is 2. The minimum absolute atomic E-state index is 0.104. The van der Waals surface area contributed by atoms with E-state index in [1.165, 1.54) is 17.2 Å². The fourth-order valence-electron chi connectivity index (χ4n) is 3.89. The van der Waals surface area contributed by atoms with Gasteiger partial charge in [-0.15, -0.1) is 0 Å². The number of nitrogens with zero attached hydrogens (tertiary/aromatic N) is 2. The second-order valence-corrected chi connectivity index (χ2v) is 6.48. The maximum Gasteiger partial charge on any atom is 0.290 e. The normalized spacial score (nSPS) is 16.6. The van der Waals surface area contributed by atoms with E-state index in [0.29, 0.717) is 12.3 Å². The summed E-state index contributed by atoms with van der Waals surface area (Å²) in [5, 5.41) is 1.22. The summed E-state index contributed by atoms with van der Waals surface area (Å²) < 4.78 is 5.36. The topological polar surface area (TPSA) is 62.1 Å². The first kappa shape index (κ1) is 15.0. The van der Waals surface area contributed by atoms with Crippen LogP contribution >= 0.6 is 0 Å². The second-order valence-electron chi connectivity index (χ2n) is 6.48. The van der Waals surface area contributed by atoms with Gasteiger partial charge in [-0.2, -0.15) is 0 Å². The molecule has 4 aromatic rings. The Balaban J connectivity index is 1.69. The molecule has 0 saturated carbocycles. The van der Waals surface area contributed by atoms with Gasteiger partial charge in [0.2, 0.25) is 0 Å². The second kappa shape index (κ2) is 5.88. The van der Waals surface area contributed by atoms with Gasteiger partial charge in [0.25, 0.3) is 5.91 Å². The largest absolute Gasteiger partial charge is 0.459 e. The van der Waals surface area contributed by atoms with Crippen molar-refractivity contribution in [2.45, 2.75) is 12.5 Å². The Hall–Kier alpha value is -3.34. The Kier molecular flexibility index (Phi) is 3.38. The SMILES string of the molecule is O=C(c1ccco1)N1CCc2c([nH]c3ccccc23)[C@H]1c1cccnc1. The minimum atomic E-state index is -0.211. The number of carbonyl (C=O) groups is 1. The van der Waals surface area contributed by atoms with Crippen LogP contribution in [0.1, 0.15) is 33.4 Å². The minimum Gasteiger partial charge on any atom is -0.459 e. The third-order valence-electron chi connectivity index (χ3n) is 5.03. The van der Waals surface area contributed by atoms with E-state index in [0.717, 1.165) is 23.2 Å². The number of nitrogens with one attached hydrogen (secondary N) is 1. The molecule has 0 radical (unpaired) electrons. The number of furan rings is 1. The average Bonchev–Trinajstić information content (AvgIpc) is 3.35. The van der Waals surface area contributed by atoms with Crippen molar-refractivity contribution in [2.24, 2.45) is 0 Å². The Bertz CT molecular complexity index is 1070. The molecule has 5 rings (SSSR count). The van der Waals surface area contributed by atoms with E-state index in [1.807, 2.05) is 29.3 Å². The molecule has 1 aliphatic rings. The molecule has 3 aromatic heterocycles. The summed E-state index contributed by atoms with van der Waals surface area (Å²) in [6.07, 6.45) is 5.91. The molecule has 1 aromatic carbocycles. The van der Waals surface area contributed by atoms with Gasteiger partial charge < -0.3 is 14.3 Å². The van der Waals surface area contributed by atoms with Crippen LogP contribution in [-0.4, -0.2) is 27.3 Å². The molecule has 0 spiro atoms. The number of para-hydroxylation sites is 1. The van der Waals surface area contributed by atoms with E-state index in [-0.39, 0.29) is 11.9 Å². The summed E-state index contributed by atoms with van der Waals surface area (Å²) in [6, 6.07) is 15.4. The quantitative estimate of drug-likeness (QED) is 0.599. The van der Waals surface area contributed by atoms with Gasteiger partial charge in [0, 0.05) is 35.5 Å². The first-order valence-electron chi connectivity index (χ1n) is 8.67. The molecule has 0 fully saturated rings. The Morgan fingerprint density at radius 1 is 1.15 bits per heavy atom. The fourth-order valence-corrected chi connectivity index (χ4v) is 3.89. The molecule has 0 bridgehead atoms. The van der Waals surface area contributed by atoms with Crippen molar-refractivity contribution in [2.75, 3.05) is 6.54 Å². The predicted octanol–water partition coefficient (Wildman–Crippen LogP) is 3.94. The first-order valence-corrected chi connectivity index (χ1v) is 8.67. The van der Waals surface area contributed by atoms with E-state index < -0.39 is 0 Å². The highest BCUT2D eigenvalue weighted by atomic mass is 16.3. The number of amides is 1. The molecule has 1 aliphatic heterocycles. The number of hydrogen-bond acceptors (Lipinski definition) is 3. The summed E-state index contributed by atoms with van der Waals surface area (Å²) in [5.74, 6) is 0.256. The molecule has 0 aliphatic carbocycles. The monoisotopic (exact) mass is 343 g/mol. The summed E-state index contributed by atoms with van der Waals surface area (Å²) in [6.45, 7) is 0.633. The number of rotatable bonds is 2. The molecular weight excluding hydrogens is 326 g/mol. The smallest absolute Gasteiger partial charge is 0.290 e. The standard InChI is InChI=1S/C21H17N3O2/c25-21(18-8-4-12-26-18)24-11-9-16-15-6-1-2-7-17(15)23-19(16)20(24)14-5-3-10-22-13-14/h1-8,10,12-13,20,23H,9,11H2/t20-/m1/s1. The Labute approximate surface area is 150 Å². The van der Waals surface area contributed by atoms with Crippen LogP contribution in [0.2, 0.25) is 0 Å². The maximum atomic E-state index is 13.1. The van der Waals surface area contributed by atoms with E-state index in [4.69, 9.17) is 4.42 Å². The molecule has 26 heavy (non-hydrogen) atoms. The van der Waals surface area contributed by atoms with E-state index in [1.54, 1.807) is 18.3 Å². The number of hydrogen-bond donors (Lipinski definition) is 1. The first-order chi connectivity index (χ1) is 12.8. The molecule has 1 amide bonds. The molecule has 4 heterocycles. The summed E-state index contributed by atoms with van der Waals surface area (Å²) in [7, 11) is 0.